The first-order valence-corrected chi connectivity index (χ1v) is 9.08. The van der Waals surface area contributed by atoms with E-state index >= 15 is 0 Å². The molecule has 0 aliphatic carbocycles. The van der Waals surface area contributed by atoms with Crippen LogP contribution in [-0.2, 0) is 13.2 Å². The molecule has 2 aromatic heterocycles. The summed E-state index contributed by atoms with van der Waals surface area (Å²) in [6.07, 6.45) is -1.79. The Morgan fingerprint density at radius 3 is 2.81 bits per heavy atom. The van der Waals surface area contributed by atoms with Crippen molar-refractivity contribution in [2.24, 2.45) is 7.05 Å². The van der Waals surface area contributed by atoms with Gasteiger partial charge < -0.3 is 9.47 Å². The van der Waals surface area contributed by atoms with Crippen molar-refractivity contribution in [3.8, 4) is 0 Å². The molecule has 1 saturated heterocycles. The number of hydrogen-bond acceptors (Lipinski definition) is 3. The number of alkyl halides is 3. The number of likely N-dealkylation sites (tertiary alicyclic amines) is 1. The lowest BCUT2D eigenvalue weighted by Crippen LogP contribution is -2.29. The summed E-state index contributed by atoms with van der Waals surface area (Å²) in [5.74, 6) is 0.0711. The molecule has 0 spiro atoms. The Bertz CT molecular complexity index is 962. The summed E-state index contributed by atoms with van der Waals surface area (Å²) in [4.78, 5) is 19.0. The molecule has 4 nitrogen and oxygen atoms in total. The second-order valence-corrected chi connectivity index (χ2v) is 7.39. The molecule has 1 fully saturated rings. The maximum atomic E-state index is 12.9. The Labute approximate surface area is 151 Å². The van der Waals surface area contributed by atoms with Crippen molar-refractivity contribution < 1.29 is 18.0 Å². The molecular formula is C18H16F3N3OS. The number of aryl methyl sites for hydroxylation is 1. The fourth-order valence-corrected chi connectivity index (χ4v) is 4.24. The van der Waals surface area contributed by atoms with Gasteiger partial charge in [0.1, 0.15) is 5.69 Å². The molecule has 0 saturated carbocycles. The van der Waals surface area contributed by atoms with E-state index in [9.17, 15) is 18.0 Å². The molecule has 4 rings (SSSR count). The lowest BCUT2D eigenvalue weighted by atomic mass is 10.1. The van der Waals surface area contributed by atoms with E-state index in [1.54, 1.807) is 40.1 Å². The number of benzene rings is 1. The molecule has 8 heteroatoms. The number of carbonyl (C=O) groups is 1. The predicted octanol–water partition coefficient (Wildman–Crippen LogP) is 4.28. The van der Waals surface area contributed by atoms with Crippen LogP contribution < -0.4 is 0 Å². The third-order valence-corrected chi connectivity index (χ3v) is 5.80. The Kier molecular flexibility index (Phi) is 4.02. The van der Waals surface area contributed by atoms with Gasteiger partial charge in [0.15, 0.2) is 0 Å². The van der Waals surface area contributed by atoms with Crippen molar-refractivity contribution in [2.45, 2.75) is 18.5 Å². The summed E-state index contributed by atoms with van der Waals surface area (Å²) >= 11 is 1.58. The number of amides is 1. The lowest BCUT2D eigenvalue weighted by molar-refractivity contribution is -0.137. The molecular weight excluding hydrogens is 363 g/mol. The van der Waals surface area contributed by atoms with Gasteiger partial charge >= 0.3 is 6.18 Å². The van der Waals surface area contributed by atoms with Gasteiger partial charge in [0.25, 0.3) is 5.91 Å². The third-order valence-electron chi connectivity index (χ3n) is 4.87. The van der Waals surface area contributed by atoms with Crippen molar-refractivity contribution in [2.75, 3.05) is 13.1 Å². The summed E-state index contributed by atoms with van der Waals surface area (Å²) in [5.41, 5.74) is 0.302. The van der Waals surface area contributed by atoms with E-state index in [2.05, 4.69) is 4.98 Å². The van der Waals surface area contributed by atoms with Crippen LogP contribution in [0.5, 0.6) is 0 Å². The SMILES string of the molecule is Cn1c(C(=O)N2CCC(c3nccs3)C2)cc2cc(C(F)(F)F)ccc21. The van der Waals surface area contributed by atoms with Crippen LogP contribution in [0.25, 0.3) is 10.9 Å². The second kappa shape index (κ2) is 6.12. The first-order chi connectivity index (χ1) is 12.3. The molecule has 3 heterocycles. The van der Waals surface area contributed by atoms with E-state index in [-0.39, 0.29) is 11.8 Å². The zero-order valence-electron chi connectivity index (χ0n) is 14.0. The number of halogens is 3. The predicted molar refractivity (Wildman–Crippen MR) is 93.3 cm³/mol. The number of nitrogens with zero attached hydrogens (tertiary/aromatic N) is 3. The molecule has 3 aromatic rings. The zero-order valence-corrected chi connectivity index (χ0v) is 14.8. The number of fused-ring (bicyclic) bond motifs is 1. The summed E-state index contributed by atoms with van der Waals surface area (Å²) in [6, 6.07) is 5.10. The molecule has 1 atom stereocenters. The number of carbonyl (C=O) groups excluding carboxylic acids is 1. The molecule has 1 aliphatic heterocycles. The van der Waals surface area contributed by atoms with Crippen LogP contribution in [-0.4, -0.2) is 33.4 Å². The Morgan fingerprint density at radius 1 is 1.31 bits per heavy atom. The van der Waals surface area contributed by atoms with Gasteiger partial charge in [-0.25, -0.2) is 4.98 Å². The maximum Gasteiger partial charge on any atom is 0.416 e. The van der Waals surface area contributed by atoms with Gasteiger partial charge in [-0.15, -0.1) is 11.3 Å². The lowest BCUT2D eigenvalue weighted by Gasteiger charge is -2.16. The van der Waals surface area contributed by atoms with Gasteiger partial charge in [0, 0.05) is 48.5 Å². The number of thiazole rings is 1. The van der Waals surface area contributed by atoms with Crippen LogP contribution in [0.3, 0.4) is 0 Å². The molecule has 136 valence electrons. The first-order valence-electron chi connectivity index (χ1n) is 8.20. The second-order valence-electron chi connectivity index (χ2n) is 6.47. The molecule has 0 N–H and O–H groups in total. The molecule has 1 unspecified atom stereocenters. The fourth-order valence-electron chi connectivity index (χ4n) is 3.48. The van der Waals surface area contributed by atoms with Crippen molar-refractivity contribution in [3.05, 3.63) is 52.1 Å². The van der Waals surface area contributed by atoms with Crippen LogP contribution in [0.2, 0.25) is 0 Å². The van der Waals surface area contributed by atoms with Crippen LogP contribution in [0.15, 0.2) is 35.8 Å². The van der Waals surface area contributed by atoms with Crippen molar-refractivity contribution in [1.29, 1.82) is 0 Å². The molecule has 1 aromatic carbocycles. The van der Waals surface area contributed by atoms with Gasteiger partial charge in [-0.3, -0.25) is 4.79 Å². The summed E-state index contributed by atoms with van der Waals surface area (Å²) in [7, 11) is 1.71. The highest BCUT2D eigenvalue weighted by atomic mass is 32.1. The maximum absolute atomic E-state index is 12.9. The van der Waals surface area contributed by atoms with Gasteiger partial charge in [-0.2, -0.15) is 13.2 Å². The van der Waals surface area contributed by atoms with Gasteiger partial charge in [0.05, 0.1) is 10.6 Å². The molecule has 1 aliphatic rings. The van der Waals surface area contributed by atoms with Gasteiger partial charge in [0.2, 0.25) is 0 Å². The highest BCUT2D eigenvalue weighted by Gasteiger charge is 2.32. The van der Waals surface area contributed by atoms with Crippen molar-refractivity contribution >= 4 is 28.1 Å². The summed E-state index contributed by atoms with van der Waals surface area (Å²) < 4.78 is 40.4. The van der Waals surface area contributed by atoms with Crippen molar-refractivity contribution in [1.82, 2.24) is 14.5 Å². The summed E-state index contributed by atoms with van der Waals surface area (Å²) in [6.45, 7) is 1.21. The van der Waals surface area contributed by atoms with E-state index in [1.807, 2.05) is 5.38 Å². The van der Waals surface area contributed by atoms with E-state index in [0.29, 0.717) is 29.7 Å². The van der Waals surface area contributed by atoms with E-state index in [4.69, 9.17) is 0 Å². The van der Waals surface area contributed by atoms with Gasteiger partial charge in [-0.1, -0.05) is 0 Å². The smallest absolute Gasteiger partial charge is 0.340 e. The van der Waals surface area contributed by atoms with Gasteiger partial charge in [-0.05, 0) is 30.7 Å². The topological polar surface area (TPSA) is 38.1 Å². The van der Waals surface area contributed by atoms with E-state index < -0.39 is 11.7 Å². The van der Waals surface area contributed by atoms with E-state index in [0.717, 1.165) is 23.6 Å². The Hall–Kier alpha value is -2.35. The van der Waals surface area contributed by atoms with Crippen LogP contribution >= 0.6 is 11.3 Å². The third kappa shape index (κ3) is 2.88. The normalized spacial score (nSPS) is 18.0. The number of hydrogen-bond donors (Lipinski definition) is 0. The average molecular weight is 379 g/mol. The highest BCUT2D eigenvalue weighted by Crippen LogP contribution is 2.33. The van der Waals surface area contributed by atoms with Crippen LogP contribution in [0.4, 0.5) is 13.2 Å². The van der Waals surface area contributed by atoms with Crippen LogP contribution in [0, 0.1) is 0 Å². The Balaban J connectivity index is 1.62. The first kappa shape index (κ1) is 17.1. The quantitative estimate of drug-likeness (QED) is 0.666. The largest absolute Gasteiger partial charge is 0.416 e. The standard InChI is InChI=1S/C18H16F3N3OS/c1-23-14-3-2-13(18(19,20)21)8-12(14)9-15(23)17(25)24-6-4-11(10-24)16-22-5-7-26-16/h2-3,5,7-9,11H,4,6,10H2,1H3. The number of aromatic nitrogens is 2. The minimum Gasteiger partial charge on any atom is -0.340 e. The van der Waals surface area contributed by atoms with Crippen LogP contribution in [0.1, 0.15) is 33.4 Å². The minimum atomic E-state index is -4.40. The average Bonchev–Trinajstić information content (AvgIpc) is 3.33. The minimum absolute atomic E-state index is 0.156. The monoisotopic (exact) mass is 379 g/mol. The Morgan fingerprint density at radius 2 is 2.12 bits per heavy atom. The summed E-state index contributed by atoms with van der Waals surface area (Å²) in [5, 5.41) is 3.36. The molecule has 26 heavy (non-hydrogen) atoms. The molecule has 0 bridgehead atoms. The molecule has 0 radical (unpaired) electrons. The number of rotatable bonds is 2. The fraction of sp³-hybridized carbons (Fsp3) is 0.333. The van der Waals surface area contributed by atoms with E-state index in [1.165, 1.54) is 6.07 Å². The zero-order chi connectivity index (χ0) is 18.5. The highest BCUT2D eigenvalue weighted by molar-refractivity contribution is 7.09. The molecule has 1 amide bonds. The van der Waals surface area contributed by atoms with Crippen molar-refractivity contribution in [3.63, 3.8) is 0 Å².